The summed E-state index contributed by atoms with van der Waals surface area (Å²) >= 11 is 3.33. The molecule has 0 aliphatic rings. The Morgan fingerprint density at radius 3 is 2.65 bits per heavy atom. The molecule has 0 saturated heterocycles. The molecule has 0 saturated carbocycles. The molecule has 3 aromatic rings. The van der Waals surface area contributed by atoms with E-state index in [0.29, 0.717) is 15.9 Å². The average Bonchev–Trinajstić information content (AvgIpc) is 2.86. The molecule has 2 heterocycles. The third-order valence-electron chi connectivity index (χ3n) is 2.70. The van der Waals surface area contributed by atoms with Crippen LogP contribution in [0.1, 0.15) is 0 Å². The van der Waals surface area contributed by atoms with E-state index in [2.05, 4.69) is 30.6 Å². The molecule has 7 heteroatoms. The van der Waals surface area contributed by atoms with Crippen LogP contribution in [0.3, 0.4) is 0 Å². The Morgan fingerprint density at radius 2 is 1.95 bits per heavy atom. The molecule has 0 atom stereocenters. The molecular weight excluding hydrogens is 332 g/mol. The van der Waals surface area contributed by atoms with E-state index in [1.807, 2.05) is 4.40 Å². The normalized spacial score (nSPS) is 11.2. The first-order valence-corrected chi connectivity index (χ1v) is 6.47. The van der Waals surface area contributed by atoms with Gasteiger partial charge < -0.3 is 9.14 Å². The van der Waals surface area contributed by atoms with Crippen LogP contribution in [0.4, 0.5) is 8.78 Å². The van der Waals surface area contributed by atoms with E-state index in [0.717, 1.165) is 5.56 Å². The zero-order valence-electron chi connectivity index (χ0n) is 10.0. The number of ether oxygens (including phenoxy) is 1. The molecule has 0 aliphatic heterocycles. The highest BCUT2D eigenvalue weighted by Crippen LogP contribution is 2.26. The van der Waals surface area contributed by atoms with Crippen LogP contribution in [-0.2, 0) is 0 Å². The number of alkyl halides is 2. The molecule has 0 bridgehead atoms. The Morgan fingerprint density at radius 1 is 1.20 bits per heavy atom. The molecule has 20 heavy (non-hydrogen) atoms. The van der Waals surface area contributed by atoms with Crippen molar-refractivity contribution in [2.24, 2.45) is 0 Å². The van der Waals surface area contributed by atoms with Crippen LogP contribution < -0.4 is 4.74 Å². The van der Waals surface area contributed by atoms with E-state index >= 15 is 0 Å². The molecule has 0 unspecified atom stereocenters. The summed E-state index contributed by atoms with van der Waals surface area (Å²) in [5, 5.41) is 0. The van der Waals surface area contributed by atoms with Crippen LogP contribution >= 0.6 is 15.9 Å². The van der Waals surface area contributed by atoms with Crippen molar-refractivity contribution in [3.8, 4) is 17.0 Å². The minimum absolute atomic E-state index is 0.109. The molecule has 102 valence electrons. The predicted octanol–water partition coefficient (Wildman–Crippen LogP) is 3.76. The van der Waals surface area contributed by atoms with Crippen molar-refractivity contribution < 1.29 is 13.5 Å². The Labute approximate surface area is 121 Å². The minimum Gasteiger partial charge on any atom is -0.435 e. The first-order chi connectivity index (χ1) is 9.63. The van der Waals surface area contributed by atoms with Gasteiger partial charge >= 0.3 is 6.61 Å². The molecule has 0 fully saturated rings. The first-order valence-electron chi connectivity index (χ1n) is 5.68. The maximum atomic E-state index is 12.1. The molecule has 0 N–H and O–H groups in total. The van der Waals surface area contributed by atoms with E-state index in [9.17, 15) is 8.78 Å². The molecular formula is C13H8BrF2N3O. The van der Waals surface area contributed by atoms with Crippen molar-refractivity contribution >= 4 is 21.6 Å². The number of hydrogen-bond donors (Lipinski definition) is 0. The number of imidazole rings is 1. The minimum atomic E-state index is -2.83. The molecule has 2 aromatic heterocycles. The fourth-order valence-electron chi connectivity index (χ4n) is 1.89. The van der Waals surface area contributed by atoms with Crippen LogP contribution in [-0.4, -0.2) is 21.0 Å². The molecule has 0 amide bonds. The number of hydrogen-bond acceptors (Lipinski definition) is 3. The molecule has 0 spiro atoms. The summed E-state index contributed by atoms with van der Waals surface area (Å²) in [7, 11) is 0. The lowest BCUT2D eigenvalue weighted by Crippen LogP contribution is -2.01. The fraction of sp³-hybridized carbons (Fsp3) is 0.0769. The SMILES string of the molecule is FC(F)Oc1ccc(-c2nc(Br)cn3ccnc23)cc1. The topological polar surface area (TPSA) is 39.4 Å². The molecule has 4 nitrogen and oxygen atoms in total. The Balaban J connectivity index is 2.04. The number of halogens is 3. The summed E-state index contributed by atoms with van der Waals surface area (Å²) in [5.41, 5.74) is 2.12. The quantitative estimate of drug-likeness (QED) is 0.729. The second-order valence-electron chi connectivity index (χ2n) is 3.97. The summed E-state index contributed by atoms with van der Waals surface area (Å²) in [4.78, 5) is 8.61. The van der Waals surface area contributed by atoms with Crippen molar-refractivity contribution in [1.29, 1.82) is 0 Å². The summed E-state index contributed by atoms with van der Waals surface area (Å²) in [6.07, 6.45) is 5.26. The second-order valence-corrected chi connectivity index (χ2v) is 4.79. The zero-order chi connectivity index (χ0) is 14.1. The fourth-order valence-corrected chi connectivity index (χ4v) is 2.29. The average molecular weight is 340 g/mol. The van der Waals surface area contributed by atoms with Gasteiger partial charge in [-0.3, -0.25) is 0 Å². The Kier molecular flexibility index (Phi) is 3.35. The summed E-state index contributed by atoms with van der Waals surface area (Å²) in [5.74, 6) is 0.109. The summed E-state index contributed by atoms with van der Waals surface area (Å²) < 4.78 is 31.0. The van der Waals surface area contributed by atoms with Crippen molar-refractivity contribution in [1.82, 2.24) is 14.4 Å². The second kappa shape index (κ2) is 5.16. The lowest BCUT2D eigenvalue weighted by atomic mass is 10.1. The molecule has 1 aromatic carbocycles. The third-order valence-corrected chi connectivity index (χ3v) is 3.08. The van der Waals surface area contributed by atoms with Gasteiger partial charge in [0, 0.05) is 24.2 Å². The van der Waals surface area contributed by atoms with Gasteiger partial charge in [-0.25, -0.2) is 9.97 Å². The van der Waals surface area contributed by atoms with Crippen molar-refractivity contribution in [2.45, 2.75) is 6.61 Å². The van der Waals surface area contributed by atoms with Gasteiger partial charge in [-0.05, 0) is 40.2 Å². The van der Waals surface area contributed by atoms with Gasteiger partial charge in [0.1, 0.15) is 16.0 Å². The Hall–Kier alpha value is -2.02. The van der Waals surface area contributed by atoms with E-state index in [1.54, 1.807) is 30.7 Å². The van der Waals surface area contributed by atoms with Crippen LogP contribution in [0.2, 0.25) is 0 Å². The predicted molar refractivity (Wildman–Crippen MR) is 72.8 cm³/mol. The number of aromatic nitrogens is 3. The van der Waals surface area contributed by atoms with Gasteiger partial charge in [0.15, 0.2) is 5.65 Å². The van der Waals surface area contributed by atoms with Gasteiger partial charge in [0.05, 0.1) is 0 Å². The molecule has 3 rings (SSSR count). The smallest absolute Gasteiger partial charge is 0.387 e. The van der Waals surface area contributed by atoms with Gasteiger partial charge in [-0.2, -0.15) is 8.78 Å². The van der Waals surface area contributed by atoms with Crippen LogP contribution in [0.15, 0.2) is 47.5 Å². The standard InChI is InChI=1S/C13H8BrF2N3O/c14-10-7-19-6-5-17-12(19)11(18-10)8-1-3-9(4-2-8)20-13(15)16/h1-7,13H. The number of fused-ring (bicyclic) bond motifs is 1. The number of rotatable bonds is 3. The monoisotopic (exact) mass is 339 g/mol. The van der Waals surface area contributed by atoms with Gasteiger partial charge in [0.2, 0.25) is 0 Å². The highest BCUT2D eigenvalue weighted by atomic mass is 79.9. The third kappa shape index (κ3) is 2.49. The number of nitrogens with zero attached hydrogens (tertiary/aromatic N) is 3. The zero-order valence-corrected chi connectivity index (χ0v) is 11.6. The lowest BCUT2D eigenvalue weighted by molar-refractivity contribution is -0.0498. The van der Waals surface area contributed by atoms with E-state index in [1.165, 1.54) is 12.1 Å². The number of benzene rings is 1. The van der Waals surface area contributed by atoms with Gasteiger partial charge in [0.25, 0.3) is 0 Å². The highest BCUT2D eigenvalue weighted by Gasteiger charge is 2.10. The highest BCUT2D eigenvalue weighted by molar-refractivity contribution is 9.10. The van der Waals surface area contributed by atoms with E-state index in [-0.39, 0.29) is 5.75 Å². The van der Waals surface area contributed by atoms with E-state index in [4.69, 9.17) is 0 Å². The van der Waals surface area contributed by atoms with E-state index < -0.39 is 6.61 Å². The summed E-state index contributed by atoms with van der Waals surface area (Å²) in [6.45, 7) is -2.83. The van der Waals surface area contributed by atoms with Gasteiger partial charge in [-0.1, -0.05) is 0 Å². The first kappa shape index (κ1) is 13.0. The van der Waals surface area contributed by atoms with Crippen LogP contribution in [0.25, 0.3) is 16.9 Å². The lowest BCUT2D eigenvalue weighted by Gasteiger charge is -2.07. The van der Waals surface area contributed by atoms with Crippen LogP contribution in [0.5, 0.6) is 5.75 Å². The largest absolute Gasteiger partial charge is 0.435 e. The maximum absolute atomic E-state index is 12.1. The summed E-state index contributed by atoms with van der Waals surface area (Å²) in [6, 6.07) is 6.29. The maximum Gasteiger partial charge on any atom is 0.387 e. The Bertz CT molecular complexity index is 743. The van der Waals surface area contributed by atoms with Crippen molar-refractivity contribution in [3.05, 3.63) is 47.5 Å². The molecule has 0 radical (unpaired) electrons. The molecule has 0 aliphatic carbocycles. The van der Waals surface area contributed by atoms with Gasteiger partial charge in [-0.15, -0.1) is 0 Å². The van der Waals surface area contributed by atoms with Crippen molar-refractivity contribution in [2.75, 3.05) is 0 Å². The van der Waals surface area contributed by atoms with Crippen molar-refractivity contribution in [3.63, 3.8) is 0 Å². The van der Waals surface area contributed by atoms with Crippen LogP contribution in [0, 0.1) is 0 Å².